The predicted octanol–water partition coefficient (Wildman–Crippen LogP) is 5.48. The fraction of sp³-hybridized carbons (Fsp3) is 0.955. The first-order chi connectivity index (χ1) is 11.4. The van der Waals surface area contributed by atoms with Crippen molar-refractivity contribution in [3.63, 3.8) is 0 Å². The number of hydrogen-bond acceptors (Lipinski definition) is 2. The monoisotopic (exact) mass is 336 g/mol. The van der Waals surface area contributed by atoms with Crippen LogP contribution in [0.25, 0.3) is 0 Å². The maximum Gasteiger partial charge on any atom is 0.136 e. The maximum absolute atomic E-state index is 12.2. The second-order valence-electron chi connectivity index (χ2n) is 9.83. The number of aliphatic hydroxyl groups is 1. The lowest BCUT2D eigenvalue weighted by Crippen LogP contribution is -2.54. The largest absolute Gasteiger partial charge is 0.397 e. The first-order valence-corrected chi connectivity index (χ1v) is 10.5. The van der Waals surface area contributed by atoms with Gasteiger partial charge in [-0.3, -0.25) is 4.79 Å². The minimum atomic E-state index is 0. The lowest BCUT2D eigenvalue weighted by atomic mass is 9.44. The van der Waals surface area contributed by atoms with Gasteiger partial charge in [-0.15, -0.1) is 0 Å². The number of hydrogen-bond donors (Lipinski definition) is 1. The molecule has 4 fully saturated rings. The van der Waals surface area contributed by atoms with Crippen molar-refractivity contribution < 1.29 is 11.3 Å². The van der Waals surface area contributed by atoms with Gasteiger partial charge in [-0.05, 0) is 86.4 Å². The molecule has 7 atom stereocenters. The van der Waals surface area contributed by atoms with E-state index in [-0.39, 0.29) is 8.03 Å². The van der Waals surface area contributed by atoms with Gasteiger partial charge in [-0.25, -0.2) is 0 Å². The van der Waals surface area contributed by atoms with Crippen LogP contribution in [0, 0.1) is 40.4 Å². The van der Waals surface area contributed by atoms with E-state index in [1.54, 1.807) is 6.92 Å². The zero-order valence-corrected chi connectivity index (χ0v) is 16.3. The summed E-state index contributed by atoms with van der Waals surface area (Å²) in [6.07, 6.45) is 12.2. The molecule has 2 heteroatoms. The molecule has 0 aromatic rings. The third kappa shape index (κ3) is 2.87. The molecule has 140 valence electrons. The molecular weight excluding hydrogens is 296 g/mol. The molecule has 4 aliphatic rings. The Balaban J connectivity index is 0.000000528. The minimum absolute atomic E-state index is 0. The molecule has 0 heterocycles. The Morgan fingerprint density at radius 1 is 1.12 bits per heavy atom. The molecule has 24 heavy (non-hydrogen) atoms. The topological polar surface area (TPSA) is 37.3 Å². The van der Waals surface area contributed by atoms with Crippen molar-refractivity contribution in [1.29, 1.82) is 0 Å². The predicted molar refractivity (Wildman–Crippen MR) is 101 cm³/mol. The van der Waals surface area contributed by atoms with Gasteiger partial charge < -0.3 is 5.11 Å². The van der Waals surface area contributed by atoms with E-state index in [4.69, 9.17) is 5.11 Å². The smallest absolute Gasteiger partial charge is 0.136 e. The molecule has 1 N–H and O–H groups in total. The summed E-state index contributed by atoms with van der Waals surface area (Å²) >= 11 is 0. The van der Waals surface area contributed by atoms with Gasteiger partial charge in [0.25, 0.3) is 0 Å². The summed E-state index contributed by atoms with van der Waals surface area (Å²) < 4.78 is 0. The molecule has 0 aromatic carbocycles. The molecule has 4 aliphatic carbocycles. The van der Waals surface area contributed by atoms with Crippen LogP contribution in [0.15, 0.2) is 0 Å². The maximum atomic E-state index is 12.2. The molecule has 1 unspecified atom stereocenters. The zero-order chi connectivity index (χ0) is 17.5. The number of fused-ring (bicyclic) bond motifs is 5. The number of rotatable bonds is 0. The van der Waals surface area contributed by atoms with Crippen molar-refractivity contribution >= 4 is 5.78 Å². The Labute approximate surface area is 150 Å². The van der Waals surface area contributed by atoms with E-state index in [2.05, 4.69) is 20.8 Å². The number of carbonyl (C=O) groups excluding carboxylic acids is 1. The molecular formula is C22H40O2. The fourth-order valence-corrected chi connectivity index (χ4v) is 7.40. The van der Waals surface area contributed by atoms with Crippen molar-refractivity contribution in [2.24, 2.45) is 40.4 Å². The average molecular weight is 337 g/mol. The fourth-order valence-electron chi connectivity index (χ4n) is 7.40. The SMILES string of the molecule is CCO.C[C@@H]1C[C@@]2(C)[C@@H](CCC3[C@@H]4CCC[C@@]4(C)CC[C@@H]32)CC1=O.[HH]. The molecule has 0 aromatic heterocycles. The molecule has 4 rings (SSSR count). The van der Waals surface area contributed by atoms with Crippen LogP contribution in [0.1, 0.15) is 86.9 Å². The third-order valence-corrected chi connectivity index (χ3v) is 8.59. The van der Waals surface area contributed by atoms with Gasteiger partial charge in [-0.1, -0.05) is 27.2 Å². The van der Waals surface area contributed by atoms with Crippen LogP contribution >= 0.6 is 0 Å². The van der Waals surface area contributed by atoms with Crippen molar-refractivity contribution in [2.45, 2.75) is 85.5 Å². The van der Waals surface area contributed by atoms with Crippen LogP contribution in [0.4, 0.5) is 0 Å². The molecule has 0 bridgehead atoms. The van der Waals surface area contributed by atoms with Gasteiger partial charge in [0, 0.05) is 20.4 Å². The van der Waals surface area contributed by atoms with Gasteiger partial charge in [0.2, 0.25) is 0 Å². The summed E-state index contributed by atoms with van der Waals surface area (Å²) in [6, 6.07) is 0. The summed E-state index contributed by atoms with van der Waals surface area (Å²) in [5.41, 5.74) is 1.14. The lowest BCUT2D eigenvalue weighted by Gasteiger charge is -2.60. The van der Waals surface area contributed by atoms with E-state index in [0.717, 1.165) is 24.2 Å². The van der Waals surface area contributed by atoms with Crippen LogP contribution in [-0.2, 0) is 4.79 Å². The highest BCUT2D eigenvalue weighted by Crippen LogP contribution is 2.66. The zero-order valence-electron chi connectivity index (χ0n) is 16.3. The van der Waals surface area contributed by atoms with Gasteiger partial charge in [0.05, 0.1) is 0 Å². The molecule has 0 saturated heterocycles. The molecule has 0 amide bonds. The van der Waals surface area contributed by atoms with E-state index >= 15 is 0 Å². The number of carbonyl (C=O) groups is 1. The van der Waals surface area contributed by atoms with E-state index in [0.29, 0.717) is 28.4 Å². The number of Topliss-reactive ketones (excluding diaryl/α,β-unsaturated/α-hetero) is 1. The third-order valence-electron chi connectivity index (χ3n) is 8.59. The highest BCUT2D eigenvalue weighted by atomic mass is 16.2. The van der Waals surface area contributed by atoms with Crippen LogP contribution in [-0.4, -0.2) is 17.5 Å². The molecule has 0 spiro atoms. The van der Waals surface area contributed by atoms with Gasteiger partial charge >= 0.3 is 0 Å². The Morgan fingerprint density at radius 3 is 2.54 bits per heavy atom. The number of ketones is 1. The van der Waals surface area contributed by atoms with E-state index < -0.39 is 0 Å². The standard InChI is InChI=1S/C20H32O.C2H6O.H2/c1-13-12-20(3)14(11-18(13)21)6-7-15-16-5-4-9-19(16,2)10-8-17(15)20;1-2-3;/h13-17H,4-12H2,1-3H3;3H,2H2,1H3;1H/t13-,14+,15?,16+,17+,19+,20+;;/m1../s1. The summed E-state index contributed by atoms with van der Waals surface area (Å²) in [6.45, 7) is 9.27. The Hall–Kier alpha value is -0.370. The first kappa shape index (κ1) is 18.4. The highest BCUT2D eigenvalue weighted by Gasteiger charge is 2.58. The lowest BCUT2D eigenvalue weighted by molar-refractivity contribution is -0.144. The quantitative estimate of drug-likeness (QED) is 0.636. The Bertz CT molecular complexity index is 479. The highest BCUT2D eigenvalue weighted by molar-refractivity contribution is 5.82. The molecule has 0 radical (unpaired) electrons. The van der Waals surface area contributed by atoms with Crippen molar-refractivity contribution in [2.75, 3.05) is 6.61 Å². The van der Waals surface area contributed by atoms with Gasteiger partial charge in [-0.2, -0.15) is 0 Å². The first-order valence-electron chi connectivity index (χ1n) is 10.5. The minimum Gasteiger partial charge on any atom is -0.397 e. The molecule has 2 nitrogen and oxygen atoms in total. The van der Waals surface area contributed by atoms with Gasteiger partial charge in [0.1, 0.15) is 5.78 Å². The van der Waals surface area contributed by atoms with E-state index in [1.807, 2.05) is 0 Å². The molecule has 4 saturated carbocycles. The van der Waals surface area contributed by atoms with Crippen LogP contribution < -0.4 is 0 Å². The second kappa shape index (κ2) is 6.74. The van der Waals surface area contributed by atoms with Gasteiger partial charge in [0.15, 0.2) is 0 Å². The van der Waals surface area contributed by atoms with E-state index in [1.165, 1.54) is 51.4 Å². The second-order valence-corrected chi connectivity index (χ2v) is 9.83. The number of aliphatic hydroxyl groups excluding tert-OH is 1. The normalized spacial score (nSPS) is 50.2. The summed E-state index contributed by atoms with van der Waals surface area (Å²) in [7, 11) is 0. The van der Waals surface area contributed by atoms with Crippen molar-refractivity contribution in [3.8, 4) is 0 Å². The summed E-state index contributed by atoms with van der Waals surface area (Å²) in [4.78, 5) is 12.2. The Kier molecular flexibility index (Phi) is 5.17. The van der Waals surface area contributed by atoms with Crippen LogP contribution in [0.2, 0.25) is 0 Å². The van der Waals surface area contributed by atoms with Crippen LogP contribution in [0.5, 0.6) is 0 Å². The molecule has 0 aliphatic heterocycles. The van der Waals surface area contributed by atoms with Crippen LogP contribution in [0.3, 0.4) is 0 Å². The summed E-state index contributed by atoms with van der Waals surface area (Å²) in [5, 5.41) is 7.57. The van der Waals surface area contributed by atoms with E-state index in [9.17, 15) is 4.79 Å². The van der Waals surface area contributed by atoms with Crippen molar-refractivity contribution in [3.05, 3.63) is 0 Å². The van der Waals surface area contributed by atoms with Crippen molar-refractivity contribution in [1.82, 2.24) is 0 Å². The average Bonchev–Trinajstić information content (AvgIpc) is 2.91. The Morgan fingerprint density at radius 2 is 1.83 bits per heavy atom. The summed E-state index contributed by atoms with van der Waals surface area (Å²) in [5.74, 6) is 4.48.